The summed E-state index contributed by atoms with van der Waals surface area (Å²) in [4.78, 5) is 19.2. The summed E-state index contributed by atoms with van der Waals surface area (Å²) < 4.78 is 4.75. The Morgan fingerprint density at radius 2 is 2.18 bits per heavy atom. The molecule has 0 aromatic carbocycles. The maximum atomic E-state index is 11.6. The number of thiophene rings is 1. The highest BCUT2D eigenvalue weighted by Crippen LogP contribution is 2.35. The van der Waals surface area contributed by atoms with Crippen LogP contribution in [0.3, 0.4) is 0 Å². The zero-order valence-electron chi connectivity index (χ0n) is 9.94. The van der Waals surface area contributed by atoms with Gasteiger partial charge in [-0.1, -0.05) is 6.92 Å². The fourth-order valence-corrected chi connectivity index (χ4v) is 3.48. The number of carbonyl (C=O) groups excluding carboxylic acids is 1. The summed E-state index contributed by atoms with van der Waals surface area (Å²) >= 11 is 3.24. The fourth-order valence-electron chi connectivity index (χ4n) is 1.52. The molecule has 2 aromatic rings. The van der Waals surface area contributed by atoms with Gasteiger partial charge in [-0.3, -0.25) is 0 Å². The molecule has 90 valence electrons. The molecule has 0 unspecified atom stereocenters. The van der Waals surface area contributed by atoms with Gasteiger partial charge in [0.15, 0.2) is 5.69 Å². The Morgan fingerprint density at radius 1 is 1.41 bits per heavy atom. The van der Waals surface area contributed by atoms with Crippen molar-refractivity contribution in [3.05, 3.63) is 27.7 Å². The first-order valence-electron chi connectivity index (χ1n) is 5.30. The largest absolute Gasteiger partial charge is 0.464 e. The van der Waals surface area contributed by atoms with Gasteiger partial charge in [-0.2, -0.15) is 0 Å². The van der Waals surface area contributed by atoms with E-state index in [1.54, 1.807) is 11.3 Å². The van der Waals surface area contributed by atoms with E-state index in [9.17, 15) is 4.79 Å². The van der Waals surface area contributed by atoms with E-state index in [-0.39, 0.29) is 5.97 Å². The molecule has 5 heteroatoms. The third-order valence-electron chi connectivity index (χ3n) is 2.35. The molecule has 2 aromatic heterocycles. The van der Waals surface area contributed by atoms with Gasteiger partial charge in [0, 0.05) is 9.75 Å². The monoisotopic (exact) mass is 267 g/mol. The first-order chi connectivity index (χ1) is 8.15. The van der Waals surface area contributed by atoms with Crippen LogP contribution >= 0.6 is 22.7 Å². The van der Waals surface area contributed by atoms with Crippen molar-refractivity contribution in [3.63, 3.8) is 0 Å². The molecule has 0 aliphatic carbocycles. The zero-order valence-corrected chi connectivity index (χ0v) is 11.6. The first kappa shape index (κ1) is 12.3. The summed E-state index contributed by atoms with van der Waals surface area (Å²) in [6, 6.07) is 4.14. The lowest BCUT2D eigenvalue weighted by Gasteiger charge is -1.97. The van der Waals surface area contributed by atoms with Crippen molar-refractivity contribution in [3.8, 4) is 9.75 Å². The fraction of sp³-hybridized carbons (Fsp3) is 0.333. The maximum Gasteiger partial charge on any atom is 0.358 e. The van der Waals surface area contributed by atoms with Gasteiger partial charge in [-0.15, -0.1) is 22.7 Å². The van der Waals surface area contributed by atoms with Crippen LogP contribution in [0.5, 0.6) is 0 Å². The lowest BCUT2D eigenvalue weighted by atomic mass is 10.3. The van der Waals surface area contributed by atoms with Crippen molar-refractivity contribution >= 4 is 28.6 Å². The third kappa shape index (κ3) is 2.40. The molecule has 0 bridgehead atoms. The van der Waals surface area contributed by atoms with E-state index in [1.165, 1.54) is 23.3 Å². The van der Waals surface area contributed by atoms with Gasteiger partial charge >= 0.3 is 5.97 Å². The summed E-state index contributed by atoms with van der Waals surface area (Å²) in [7, 11) is 1.38. The van der Waals surface area contributed by atoms with Gasteiger partial charge in [0.1, 0.15) is 0 Å². The van der Waals surface area contributed by atoms with Gasteiger partial charge in [0.05, 0.1) is 17.0 Å². The molecule has 0 saturated heterocycles. The van der Waals surface area contributed by atoms with Crippen LogP contribution in [0.1, 0.15) is 27.3 Å². The Morgan fingerprint density at radius 3 is 2.76 bits per heavy atom. The second-order valence-electron chi connectivity index (χ2n) is 3.52. The molecule has 3 nitrogen and oxygen atoms in total. The minimum Gasteiger partial charge on any atom is -0.464 e. The standard InChI is InChI=1S/C12H13NO2S2/c1-4-8-5-6-9(17-8)11-10(12(14)15-3)13-7(2)16-11/h5-6H,4H2,1-3H3. The number of rotatable bonds is 3. The summed E-state index contributed by atoms with van der Waals surface area (Å²) in [5.74, 6) is -0.365. The number of aromatic nitrogens is 1. The molecule has 0 aliphatic rings. The van der Waals surface area contributed by atoms with E-state index in [0.717, 1.165) is 21.2 Å². The van der Waals surface area contributed by atoms with Crippen molar-refractivity contribution in [1.29, 1.82) is 0 Å². The predicted octanol–water partition coefficient (Wildman–Crippen LogP) is 3.53. The minimum absolute atomic E-state index is 0.365. The van der Waals surface area contributed by atoms with Crippen molar-refractivity contribution in [2.24, 2.45) is 0 Å². The average Bonchev–Trinajstić information content (AvgIpc) is 2.93. The number of methoxy groups -OCH3 is 1. The molecule has 0 spiro atoms. The molecular formula is C12H13NO2S2. The van der Waals surface area contributed by atoms with Crippen LogP contribution in [0, 0.1) is 6.92 Å². The van der Waals surface area contributed by atoms with Crippen LogP contribution in [-0.2, 0) is 11.2 Å². The second kappa shape index (κ2) is 4.98. The lowest BCUT2D eigenvalue weighted by Crippen LogP contribution is -2.02. The van der Waals surface area contributed by atoms with Crippen LogP contribution < -0.4 is 0 Å². The SMILES string of the molecule is CCc1ccc(-c2sc(C)nc2C(=O)OC)s1. The average molecular weight is 267 g/mol. The Balaban J connectivity index is 2.47. The number of carbonyl (C=O) groups is 1. The molecule has 17 heavy (non-hydrogen) atoms. The quantitative estimate of drug-likeness (QED) is 0.799. The molecule has 0 atom stereocenters. The Bertz CT molecular complexity index is 542. The van der Waals surface area contributed by atoms with Crippen LogP contribution in [0.15, 0.2) is 12.1 Å². The molecule has 0 aliphatic heterocycles. The molecule has 2 heterocycles. The van der Waals surface area contributed by atoms with Crippen LogP contribution in [-0.4, -0.2) is 18.1 Å². The van der Waals surface area contributed by atoms with Gasteiger partial charge in [-0.05, 0) is 25.5 Å². The second-order valence-corrected chi connectivity index (χ2v) is 5.89. The van der Waals surface area contributed by atoms with E-state index in [2.05, 4.69) is 18.0 Å². The summed E-state index contributed by atoms with van der Waals surface area (Å²) in [5.41, 5.74) is 0.430. The highest BCUT2D eigenvalue weighted by atomic mass is 32.1. The van der Waals surface area contributed by atoms with Crippen molar-refractivity contribution in [2.75, 3.05) is 7.11 Å². The zero-order chi connectivity index (χ0) is 12.4. The van der Waals surface area contributed by atoms with E-state index < -0.39 is 0 Å². The molecule has 0 saturated carbocycles. The summed E-state index contributed by atoms with van der Waals surface area (Å²) in [6.07, 6.45) is 1.01. The summed E-state index contributed by atoms with van der Waals surface area (Å²) in [5, 5.41) is 0.881. The van der Waals surface area contributed by atoms with E-state index >= 15 is 0 Å². The maximum absolute atomic E-state index is 11.6. The normalized spacial score (nSPS) is 10.5. The smallest absolute Gasteiger partial charge is 0.358 e. The number of aryl methyl sites for hydroxylation is 2. The van der Waals surface area contributed by atoms with Gasteiger partial charge < -0.3 is 4.74 Å². The molecule has 0 N–H and O–H groups in total. The van der Waals surface area contributed by atoms with Crippen LogP contribution in [0.4, 0.5) is 0 Å². The van der Waals surface area contributed by atoms with Gasteiger partial charge in [0.2, 0.25) is 0 Å². The molecule has 0 radical (unpaired) electrons. The van der Waals surface area contributed by atoms with Crippen LogP contribution in [0.2, 0.25) is 0 Å². The number of thiazole rings is 1. The Hall–Kier alpha value is -1.20. The van der Waals surface area contributed by atoms with Crippen molar-refractivity contribution in [1.82, 2.24) is 4.98 Å². The highest BCUT2D eigenvalue weighted by Gasteiger charge is 2.19. The Kier molecular flexibility index (Phi) is 3.59. The Labute approximate surface area is 108 Å². The number of ether oxygens (including phenoxy) is 1. The molecule has 0 fully saturated rings. The number of hydrogen-bond acceptors (Lipinski definition) is 5. The summed E-state index contributed by atoms with van der Waals surface area (Å²) in [6.45, 7) is 4.02. The number of esters is 1. The van der Waals surface area contributed by atoms with Crippen molar-refractivity contribution in [2.45, 2.75) is 20.3 Å². The molecule has 0 amide bonds. The van der Waals surface area contributed by atoms with E-state index in [0.29, 0.717) is 5.69 Å². The van der Waals surface area contributed by atoms with E-state index in [4.69, 9.17) is 4.74 Å². The number of nitrogens with zero attached hydrogens (tertiary/aromatic N) is 1. The minimum atomic E-state index is -0.365. The number of hydrogen-bond donors (Lipinski definition) is 0. The third-order valence-corrected chi connectivity index (χ3v) is 4.73. The van der Waals surface area contributed by atoms with Crippen LogP contribution in [0.25, 0.3) is 9.75 Å². The van der Waals surface area contributed by atoms with E-state index in [1.807, 2.05) is 13.0 Å². The highest BCUT2D eigenvalue weighted by molar-refractivity contribution is 7.22. The van der Waals surface area contributed by atoms with Crippen molar-refractivity contribution < 1.29 is 9.53 Å². The van der Waals surface area contributed by atoms with Gasteiger partial charge in [0.25, 0.3) is 0 Å². The topological polar surface area (TPSA) is 39.2 Å². The van der Waals surface area contributed by atoms with Gasteiger partial charge in [-0.25, -0.2) is 9.78 Å². The lowest BCUT2D eigenvalue weighted by molar-refractivity contribution is 0.0595. The predicted molar refractivity (Wildman–Crippen MR) is 70.9 cm³/mol. The molecular weight excluding hydrogens is 254 g/mol. The molecule has 2 rings (SSSR count). The first-order valence-corrected chi connectivity index (χ1v) is 6.93.